The van der Waals surface area contributed by atoms with Crippen molar-refractivity contribution in [2.24, 2.45) is 5.73 Å². The summed E-state index contributed by atoms with van der Waals surface area (Å²) in [5.74, 6) is 0. The van der Waals surface area contributed by atoms with Gasteiger partial charge in [0.25, 0.3) is 0 Å². The van der Waals surface area contributed by atoms with Crippen molar-refractivity contribution >= 4 is 16.5 Å². The molecule has 2 aromatic rings. The zero-order valence-electron chi connectivity index (χ0n) is 9.26. The van der Waals surface area contributed by atoms with Crippen LogP contribution < -0.4 is 10.6 Å². The van der Waals surface area contributed by atoms with Gasteiger partial charge in [-0.2, -0.15) is 0 Å². The monoisotopic (exact) mass is 212 g/mol. The second-order valence-corrected chi connectivity index (χ2v) is 4.49. The average molecular weight is 212 g/mol. The van der Waals surface area contributed by atoms with E-state index >= 15 is 0 Å². The topological polar surface area (TPSA) is 29.3 Å². The molecule has 3 rings (SSSR count). The highest BCUT2D eigenvalue weighted by atomic mass is 15.2. The van der Waals surface area contributed by atoms with Gasteiger partial charge in [-0.3, -0.25) is 0 Å². The molecule has 0 bridgehead atoms. The molecule has 2 aromatic carbocycles. The van der Waals surface area contributed by atoms with Crippen LogP contribution in [-0.4, -0.2) is 19.1 Å². The number of fused-ring (bicyclic) bond motifs is 1. The summed E-state index contributed by atoms with van der Waals surface area (Å²) in [6, 6.07) is 15.3. The molecule has 0 radical (unpaired) electrons. The third kappa shape index (κ3) is 1.55. The first-order chi connectivity index (χ1) is 7.84. The Morgan fingerprint density at radius 2 is 1.88 bits per heavy atom. The smallest absolute Gasteiger partial charge is 0.0446 e. The molecule has 1 aliphatic heterocycles. The van der Waals surface area contributed by atoms with Crippen molar-refractivity contribution in [3.8, 4) is 0 Å². The Kier molecular flexibility index (Phi) is 2.29. The molecule has 1 aliphatic rings. The lowest BCUT2D eigenvalue weighted by molar-refractivity contribution is 0.752. The molecule has 1 fully saturated rings. The summed E-state index contributed by atoms with van der Waals surface area (Å²) in [6.07, 6.45) is 1.10. The summed E-state index contributed by atoms with van der Waals surface area (Å²) in [6.45, 7) is 2.06. The molecule has 0 amide bonds. The standard InChI is InChI=1S/C14H16N2/c15-12-8-9-16(10-12)14-7-3-5-11-4-1-2-6-13(11)14/h1-7,12H,8-10,15H2/t12-/m1/s1. The number of benzene rings is 2. The quantitative estimate of drug-likeness (QED) is 0.786. The van der Waals surface area contributed by atoms with Crippen molar-refractivity contribution in [2.75, 3.05) is 18.0 Å². The Bertz CT molecular complexity index is 502. The highest BCUT2D eigenvalue weighted by Gasteiger charge is 2.20. The summed E-state index contributed by atoms with van der Waals surface area (Å²) in [5.41, 5.74) is 7.29. The van der Waals surface area contributed by atoms with Crippen LogP contribution in [0.15, 0.2) is 42.5 Å². The normalized spacial score (nSPS) is 20.6. The van der Waals surface area contributed by atoms with Gasteiger partial charge in [-0.25, -0.2) is 0 Å². The molecule has 0 aromatic heterocycles. The zero-order chi connectivity index (χ0) is 11.0. The first-order valence-corrected chi connectivity index (χ1v) is 5.83. The molecule has 0 spiro atoms. The molecular weight excluding hydrogens is 196 g/mol. The second kappa shape index (κ2) is 3.80. The number of anilines is 1. The molecule has 2 nitrogen and oxygen atoms in total. The van der Waals surface area contributed by atoms with Gasteiger partial charge in [0, 0.05) is 30.2 Å². The maximum atomic E-state index is 5.96. The van der Waals surface area contributed by atoms with Gasteiger partial charge in [-0.05, 0) is 17.9 Å². The van der Waals surface area contributed by atoms with Crippen molar-refractivity contribution in [2.45, 2.75) is 12.5 Å². The van der Waals surface area contributed by atoms with Crippen molar-refractivity contribution in [3.05, 3.63) is 42.5 Å². The van der Waals surface area contributed by atoms with Crippen LogP contribution in [0.4, 0.5) is 5.69 Å². The summed E-state index contributed by atoms with van der Waals surface area (Å²) < 4.78 is 0. The van der Waals surface area contributed by atoms with E-state index < -0.39 is 0 Å². The van der Waals surface area contributed by atoms with E-state index in [9.17, 15) is 0 Å². The van der Waals surface area contributed by atoms with Gasteiger partial charge in [0.15, 0.2) is 0 Å². The van der Waals surface area contributed by atoms with Crippen molar-refractivity contribution < 1.29 is 0 Å². The lowest BCUT2D eigenvalue weighted by Gasteiger charge is -2.20. The largest absolute Gasteiger partial charge is 0.369 e. The highest BCUT2D eigenvalue weighted by molar-refractivity contribution is 5.94. The number of rotatable bonds is 1. The fourth-order valence-corrected chi connectivity index (χ4v) is 2.49. The zero-order valence-corrected chi connectivity index (χ0v) is 9.26. The lowest BCUT2D eigenvalue weighted by Crippen LogP contribution is -2.26. The Hall–Kier alpha value is -1.54. The SMILES string of the molecule is N[C@@H]1CCN(c2cccc3ccccc23)C1. The Morgan fingerprint density at radius 1 is 1.06 bits per heavy atom. The maximum absolute atomic E-state index is 5.96. The first kappa shape index (κ1) is 9.67. The number of hydrogen-bond donors (Lipinski definition) is 1. The van der Waals surface area contributed by atoms with E-state index in [0.717, 1.165) is 19.5 Å². The van der Waals surface area contributed by atoms with Crippen molar-refractivity contribution in [3.63, 3.8) is 0 Å². The van der Waals surface area contributed by atoms with Gasteiger partial charge in [-0.15, -0.1) is 0 Å². The van der Waals surface area contributed by atoms with Crippen LogP contribution >= 0.6 is 0 Å². The maximum Gasteiger partial charge on any atom is 0.0446 e. The minimum Gasteiger partial charge on any atom is -0.369 e. The second-order valence-electron chi connectivity index (χ2n) is 4.49. The van der Waals surface area contributed by atoms with Gasteiger partial charge in [-0.1, -0.05) is 36.4 Å². The molecule has 16 heavy (non-hydrogen) atoms. The van der Waals surface area contributed by atoms with Crippen LogP contribution in [0.25, 0.3) is 10.8 Å². The number of hydrogen-bond acceptors (Lipinski definition) is 2. The molecule has 1 saturated heterocycles. The molecule has 0 unspecified atom stereocenters. The van der Waals surface area contributed by atoms with Gasteiger partial charge in [0.2, 0.25) is 0 Å². The van der Waals surface area contributed by atoms with E-state index in [-0.39, 0.29) is 0 Å². The van der Waals surface area contributed by atoms with Crippen LogP contribution in [0.5, 0.6) is 0 Å². The minimum absolute atomic E-state index is 0.332. The Labute approximate surface area is 95.7 Å². The van der Waals surface area contributed by atoms with Crippen LogP contribution in [0.2, 0.25) is 0 Å². The summed E-state index contributed by atoms with van der Waals surface area (Å²) in [5, 5.41) is 2.64. The average Bonchev–Trinajstić information content (AvgIpc) is 2.75. The van der Waals surface area contributed by atoms with E-state index in [1.54, 1.807) is 0 Å². The third-order valence-electron chi connectivity index (χ3n) is 3.33. The first-order valence-electron chi connectivity index (χ1n) is 5.83. The van der Waals surface area contributed by atoms with Crippen LogP contribution in [-0.2, 0) is 0 Å². The van der Waals surface area contributed by atoms with Gasteiger partial charge >= 0.3 is 0 Å². The van der Waals surface area contributed by atoms with Gasteiger partial charge < -0.3 is 10.6 Å². The van der Waals surface area contributed by atoms with E-state index in [4.69, 9.17) is 5.73 Å². The van der Waals surface area contributed by atoms with E-state index in [1.165, 1.54) is 16.5 Å². The molecule has 2 N–H and O–H groups in total. The molecular formula is C14H16N2. The number of nitrogens with two attached hydrogens (primary N) is 1. The predicted octanol–water partition coefficient (Wildman–Crippen LogP) is 2.38. The highest BCUT2D eigenvalue weighted by Crippen LogP contribution is 2.28. The number of nitrogens with zero attached hydrogens (tertiary/aromatic N) is 1. The minimum atomic E-state index is 0.332. The third-order valence-corrected chi connectivity index (χ3v) is 3.33. The molecule has 1 heterocycles. The Balaban J connectivity index is 2.09. The predicted molar refractivity (Wildman–Crippen MR) is 68.8 cm³/mol. The van der Waals surface area contributed by atoms with Crippen LogP contribution in [0, 0.1) is 0 Å². The van der Waals surface area contributed by atoms with Gasteiger partial charge in [0.05, 0.1) is 0 Å². The lowest BCUT2D eigenvalue weighted by atomic mass is 10.1. The molecule has 0 aliphatic carbocycles. The molecule has 0 saturated carbocycles. The van der Waals surface area contributed by atoms with Crippen LogP contribution in [0.1, 0.15) is 6.42 Å². The van der Waals surface area contributed by atoms with Gasteiger partial charge in [0.1, 0.15) is 0 Å². The molecule has 82 valence electrons. The Morgan fingerprint density at radius 3 is 2.69 bits per heavy atom. The fraction of sp³-hybridized carbons (Fsp3) is 0.286. The van der Waals surface area contributed by atoms with E-state index in [0.29, 0.717) is 6.04 Å². The summed E-state index contributed by atoms with van der Waals surface area (Å²) in [7, 11) is 0. The van der Waals surface area contributed by atoms with Crippen molar-refractivity contribution in [1.82, 2.24) is 0 Å². The van der Waals surface area contributed by atoms with E-state index in [1.807, 2.05) is 0 Å². The molecule has 2 heteroatoms. The van der Waals surface area contributed by atoms with E-state index in [2.05, 4.69) is 47.4 Å². The van der Waals surface area contributed by atoms with Crippen LogP contribution in [0.3, 0.4) is 0 Å². The van der Waals surface area contributed by atoms with Crippen molar-refractivity contribution in [1.29, 1.82) is 0 Å². The summed E-state index contributed by atoms with van der Waals surface area (Å²) in [4.78, 5) is 2.40. The molecule has 1 atom stereocenters. The summed E-state index contributed by atoms with van der Waals surface area (Å²) >= 11 is 0. The fourth-order valence-electron chi connectivity index (χ4n) is 2.49.